The van der Waals surface area contributed by atoms with Crippen molar-refractivity contribution in [2.75, 3.05) is 19.6 Å². The lowest BCUT2D eigenvalue weighted by Crippen LogP contribution is -2.54. The standard InChI is InChI=1S/C18H21N5O2S/c24-16-4-1-7-21(16)9-13-10-23(20-19-13)14-11-22(12-14)17(25)18(5-6-18)15-3-2-8-26-15/h2-3,8,10,14H,1,4-7,9,11-12H2. The fourth-order valence-electron chi connectivity index (χ4n) is 3.96. The molecular formula is C18H21N5O2S. The second-order valence-electron chi connectivity index (χ2n) is 7.53. The third-order valence-corrected chi connectivity index (χ3v) is 6.83. The topological polar surface area (TPSA) is 71.3 Å². The highest BCUT2D eigenvalue weighted by Crippen LogP contribution is 2.52. The van der Waals surface area contributed by atoms with Crippen LogP contribution >= 0.6 is 11.3 Å². The van der Waals surface area contributed by atoms with Crippen LogP contribution in [-0.4, -0.2) is 56.2 Å². The van der Waals surface area contributed by atoms with Crippen molar-refractivity contribution in [1.82, 2.24) is 24.8 Å². The van der Waals surface area contributed by atoms with Crippen LogP contribution < -0.4 is 0 Å². The van der Waals surface area contributed by atoms with Gasteiger partial charge in [0, 0.05) is 30.9 Å². The van der Waals surface area contributed by atoms with Crippen LogP contribution in [0.2, 0.25) is 0 Å². The number of carbonyl (C=O) groups excluding carboxylic acids is 2. The highest BCUT2D eigenvalue weighted by molar-refractivity contribution is 7.10. The summed E-state index contributed by atoms with van der Waals surface area (Å²) in [6.07, 6.45) is 5.42. The number of aromatic nitrogens is 3. The second-order valence-corrected chi connectivity index (χ2v) is 8.48. The van der Waals surface area contributed by atoms with Crippen LogP contribution in [0.15, 0.2) is 23.7 Å². The van der Waals surface area contributed by atoms with Gasteiger partial charge in [0.25, 0.3) is 0 Å². The molecule has 26 heavy (non-hydrogen) atoms. The van der Waals surface area contributed by atoms with Crippen molar-refractivity contribution in [2.45, 2.75) is 43.7 Å². The molecule has 2 amide bonds. The lowest BCUT2D eigenvalue weighted by atomic mass is 9.99. The first kappa shape index (κ1) is 16.0. The van der Waals surface area contributed by atoms with E-state index in [-0.39, 0.29) is 23.3 Å². The molecule has 0 N–H and O–H groups in total. The van der Waals surface area contributed by atoms with Gasteiger partial charge in [0.15, 0.2) is 0 Å². The molecule has 4 heterocycles. The number of amides is 2. The molecule has 0 unspecified atom stereocenters. The van der Waals surface area contributed by atoms with Gasteiger partial charge in [-0.25, -0.2) is 4.68 Å². The average Bonchev–Trinajstić information content (AvgIpc) is 2.98. The summed E-state index contributed by atoms with van der Waals surface area (Å²) in [7, 11) is 0. The number of likely N-dealkylation sites (tertiary alicyclic amines) is 2. The average molecular weight is 371 g/mol. The zero-order valence-electron chi connectivity index (χ0n) is 14.5. The molecule has 0 bridgehead atoms. The Morgan fingerprint density at radius 3 is 2.85 bits per heavy atom. The zero-order chi connectivity index (χ0) is 17.7. The second kappa shape index (κ2) is 5.90. The van der Waals surface area contributed by atoms with Crippen molar-refractivity contribution in [1.29, 1.82) is 0 Å². The molecule has 2 aromatic heterocycles. The van der Waals surface area contributed by atoms with Crippen molar-refractivity contribution >= 4 is 23.2 Å². The van der Waals surface area contributed by atoms with Crippen molar-refractivity contribution in [2.24, 2.45) is 0 Å². The van der Waals surface area contributed by atoms with Gasteiger partial charge >= 0.3 is 0 Å². The van der Waals surface area contributed by atoms with Crippen LogP contribution in [0.4, 0.5) is 0 Å². The lowest BCUT2D eigenvalue weighted by molar-refractivity contribution is -0.140. The van der Waals surface area contributed by atoms with Crippen LogP contribution in [0.3, 0.4) is 0 Å². The summed E-state index contributed by atoms with van der Waals surface area (Å²) >= 11 is 1.68. The van der Waals surface area contributed by atoms with Crippen molar-refractivity contribution in [3.05, 3.63) is 34.3 Å². The van der Waals surface area contributed by atoms with Gasteiger partial charge < -0.3 is 9.80 Å². The van der Waals surface area contributed by atoms with Gasteiger partial charge in [0.05, 0.1) is 24.2 Å². The maximum Gasteiger partial charge on any atom is 0.234 e. The number of hydrogen-bond acceptors (Lipinski definition) is 5. The van der Waals surface area contributed by atoms with Crippen LogP contribution in [0.25, 0.3) is 0 Å². The van der Waals surface area contributed by atoms with E-state index in [1.807, 2.05) is 32.1 Å². The van der Waals surface area contributed by atoms with Crippen molar-refractivity contribution in [3.8, 4) is 0 Å². The Hall–Kier alpha value is -2.22. The zero-order valence-corrected chi connectivity index (χ0v) is 15.3. The van der Waals surface area contributed by atoms with Gasteiger partial charge in [-0.15, -0.1) is 16.4 Å². The lowest BCUT2D eigenvalue weighted by Gasteiger charge is -2.40. The Kier molecular flexibility index (Phi) is 3.63. The van der Waals surface area contributed by atoms with Crippen molar-refractivity contribution in [3.63, 3.8) is 0 Å². The summed E-state index contributed by atoms with van der Waals surface area (Å²) in [4.78, 5) is 29.6. The maximum atomic E-state index is 12.9. The van der Waals surface area contributed by atoms with Gasteiger partial charge in [-0.1, -0.05) is 11.3 Å². The number of hydrogen-bond donors (Lipinski definition) is 0. The minimum absolute atomic E-state index is 0.189. The number of carbonyl (C=O) groups is 2. The van der Waals surface area contributed by atoms with E-state index in [1.165, 1.54) is 4.88 Å². The molecule has 136 valence electrons. The van der Waals surface area contributed by atoms with Crippen LogP contribution in [0, 0.1) is 0 Å². The molecule has 2 aromatic rings. The molecule has 5 rings (SSSR count). The van der Waals surface area contributed by atoms with E-state index in [4.69, 9.17) is 0 Å². The number of rotatable bonds is 5. The first-order chi connectivity index (χ1) is 12.7. The Bertz CT molecular complexity index is 836. The Morgan fingerprint density at radius 1 is 1.35 bits per heavy atom. The quantitative estimate of drug-likeness (QED) is 0.800. The predicted molar refractivity (Wildman–Crippen MR) is 95.5 cm³/mol. The smallest absolute Gasteiger partial charge is 0.234 e. The first-order valence-electron chi connectivity index (χ1n) is 9.17. The normalized spacial score (nSPS) is 21.9. The Balaban J connectivity index is 1.20. The maximum absolute atomic E-state index is 12.9. The molecule has 1 aliphatic carbocycles. The summed E-state index contributed by atoms with van der Waals surface area (Å²) in [6.45, 7) is 2.73. The molecule has 7 nitrogen and oxygen atoms in total. The molecule has 0 radical (unpaired) electrons. The third-order valence-electron chi connectivity index (χ3n) is 5.76. The Labute approximate surface area is 155 Å². The molecule has 2 saturated heterocycles. The monoisotopic (exact) mass is 371 g/mol. The van der Waals surface area contributed by atoms with Gasteiger partial charge in [0.2, 0.25) is 11.8 Å². The molecule has 2 aliphatic heterocycles. The predicted octanol–water partition coefficient (Wildman–Crippen LogP) is 1.58. The third kappa shape index (κ3) is 2.55. The van der Waals surface area contributed by atoms with Crippen LogP contribution in [0.1, 0.15) is 42.3 Å². The summed E-state index contributed by atoms with van der Waals surface area (Å²) < 4.78 is 1.85. The molecule has 0 atom stereocenters. The minimum Gasteiger partial charge on any atom is -0.337 e. The Morgan fingerprint density at radius 2 is 2.19 bits per heavy atom. The van der Waals surface area contributed by atoms with Crippen molar-refractivity contribution < 1.29 is 9.59 Å². The highest BCUT2D eigenvalue weighted by atomic mass is 32.1. The fraction of sp³-hybridized carbons (Fsp3) is 0.556. The van der Waals surface area contributed by atoms with E-state index in [9.17, 15) is 9.59 Å². The van der Waals surface area contributed by atoms with Gasteiger partial charge in [-0.2, -0.15) is 0 Å². The first-order valence-corrected chi connectivity index (χ1v) is 10.1. The molecular weight excluding hydrogens is 350 g/mol. The summed E-state index contributed by atoms with van der Waals surface area (Å²) in [5.74, 6) is 0.461. The van der Waals surface area contributed by atoms with E-state index in [0.717, 1.165) is 31.5 Å². The van der Waals surface area contributed by atoms with E-state index in [0.29, 0.717) is 26.1 Å². The minimum atomic E-state index is -0.247. The summed E-state index contributed by atoms with van der Waals surface area (Å²) in [5, 5.41) is 10.5. The molecule has 3 fully saturated rings. The molecule has 1 saturated carbocycles. The largest absolute Gasteiger partial charge is 0.337 e. The van der Waals surface area contributed by atoms with Gasteiger partial charge in [0.1, 0.15) is 5.69 Å². The van der Waals surface area contributed by atoms with E-state index in [2.05, 4.69) is 16.4 Å². The molecule has 8 heteroatoms. The van der Waals surface area contributed by atoms with E-state index in [1.54, 1.807) is 11.3 Å². The number of nitrogens with zero attached hydrogens (tertiary/aromatic N) is 5. The van der Waals surface area contributed by atoms with E-state index < -0.39 is 0 Å². The molecule has 0 spiro atoms. The fourth-order valence-corrected chi connectivity index (χ4v) is 4.94. The molecule has 0 aromatic carbocycles. The highest BCUT2D eigenvalue weighted by Gasteiger charge is 2.55. The summed E-state index contributed by atoms with van der Waals surface area (Å²) in [5.41, 5.74) is 0.574. The molecule has 3 aliphatic rings. The van der Waals surface area contributed by atoms with E-state index >= 15 is 0 Å². The van der Waals surface area contributed by atoms with Crippen LogP contribution in [0.5, 0.6) is 0 Å². The van der Waals surface area contributed by atoms with Gasteiger partial charge in [-0.3, -0.25) is 9.59 Å². The van der Waals surface area contributed by atoms with Gasteiger partial charge in [-0.05, 0) is 30.7 Å². The summed E-state index contributed by atoms with van der Waals surface area (Å²) in [6, 6.07) is 4.29. The number of thiophene rings is 1. The SMILES string of the molecule is O=C1CCCN1Cc1cn(C2CN(C(=O)C3(c4cccs4)CC3)C2)nn1. The van der Waals surface area contributed by atoms with Crippen LogP contribution in [-0.2, 0) is 21.5 Å².